The highest BCUT2D eigenvalue weighted by atomic mass is 79.9. The first-order valence-corrected chi connectivity index (χ1v) is 7.42. The number of rotatable bonds is 2. The van der Waals surface area contributed by atoms with E-state index >= 15 is 0 Å². The van der Waals surface area contributed by atoms with Crippen molar-refractivity contribution in [2.24, 2.45) is 0 Å². The van der Waals surface area contributed by atoms with Crippen LogP contribution in [0.4, 0.5) is 0 Å². The summed E-state index contributed by atoms with van der Waals surface area (Å²) < 4.78 is 8.68. The van der Waals surface area contributed by atoms with Gasteiger partial charge in [0.1, 0.15) is 5.75 Å². The highest BCUT2D eigenvalue weighted by molar-refractivity contribution is 9.10. The molecule has 0 bridgehead atoms. The summed E-state index contributed by atoms with van der Waals surface area (Å²) in [5, 5.41) is 0.640. The van der Waals surface area contributed by atoms with Gasteiger partial charge >= 0.3 is 0 Å². The lowest BCUT2D eigenvalue weighted by atomic mass is 10.2. The molecule has 0 saturated heterocycles. The first-order valence-electron chi connectivity index (χ1n) is 5.84. The number of methoxy groups -OCH3 is 1. The van der Waals surface area contributed by atoms with E-state index < -0.39 is 0 Å². The van der Waals surface area contributed by atoms with E-state index in [1.807, 2.05) is 41.0 Å². The highest BCUT2D eigenvalue weighted by Crippen LogP contribution is 2.28. The standard InChI is InChI=1S/C14H10BrClN2OS/c1-19-9-3-5-12-13(7-9)18(14(20)17-12)8-2-4-10(15)11(16)6-8/h2-7H,1H3,(H,17,20). The third kappa shape index (κ3) is 2.26. The van der Waals surface area contributed by atoms with Gasteiger partial charge in [-0.3, -0.25) is 4.57 Å². The summed E-state index contributed by atoms with van der Waals surface area (Å²) in [4.78, 5) is 3.18. The summed E-state index contributed by atoms with van der Waals surface area (Å²) in [7, 11) is 1.64. The van der Waals surface area contributed by atoms with Gasteiger partial charge in [-0.05, 0) is 58.5 Å². The Morgan fingerprint density at radius 1 is 1.25 bits per heavy atom. The van der Waals surface area contributed by atoms with E-state index in [1.54, 1.807) is 7.11 Å². The van der Waals surface area contributed by atoms with Crippen molar-refractivity contribution < 1.29 is 4.74 Å². The average molecular weight is 370 g/mol. The number of nitrogens with one attached hydrogen (secondary N) is 1. The van der Waals surface area contributed by atoms with Gasteiger partial charge in [0.05, 0.1) is 23.2 Å². The number of aromatic nitrogens is 2. The molecule has 0 radical (unpaired) electrons. The molecule has 0 unspecified atom stereocenters. The smallest absolute Gasteiger partial charge is 0.182 e. The van der Waals surface area contributed by atoms with E-state index in [4.69, 9.17) is 28.6 Å². The van der Waals surface area contributed by atoms with Crippen molar-refractivity contribution in [2.45, 2.75) is 0 Å². The molecule has 0 spiro atoms. The Hall–Kier alpha value is -1.30. The molecule has 0 aliphatic carbocycles. The lowest BCUT2D eigenvalue weighted by Gasteiger charge is -2.07. The molecule has 3 rings (SSSR count). The lowest BCUT2D eigenvalue weighted by Crippen LogP contribution is -1.94. The first kappa shape index (κ1) is 13.7. The van der Waals surface area contributed by atoms with Crippen molar-refractivity contribution >= 4 is 50.8 Å². The van der Waals surface area contributed by atoms with Crippen molar-refractivity contribution in [1.82, 2.24) is 9.55 Å². The monoisotopic (exact) mass is 368 g/mol. The second-order valence-corrected chi connectivity index (χ2v) is 5.90. The van der Waals surface area contributed by atoms with Crippen LogP contribution in [0.2, 0.25) is 5.02 Å². The Morgan fingerprint density at radius 3 is 2.75 bits per heavy atom. The number of imidazole rings is 1. The SMILES string of the molecule is COc1ccc2[nH]c(=S)n(-c3ccc(Br)c(Cl)c3)c2c1. The third-order valence-electron chi connectivity index (χ3n) is 3.05. The van der Waals surface area contributed by atoms with E-state index in [9.17, 15) is 0 Å². The number of nitrogens with zero attached hydrogens (tertiary/aromatic N) is 1. The summed E-state index contributed by atoms with van der Waals surface area (Å²) in [6.45, 7) is 0. The van der Waals surface area contributed by atoms with Crippen LogP contribution in [0.1, 0.15) is 0 Å². The van der Waals surface area contributed by atoms with Crippen LogP contribution in [0.3, 0.4) is 0 Å². The highest BCUT2D eigenvalue weighted by Gasteiger charge is 2.09. The van der Waals surface area contributed by atoms with Gasteiger partial charge < -0.3 is 9.72 Å². The largest absolute Gasteiger partial charge is 0.497 e. The van der Waals surface area contributed by atoms with Gasteiger partial charge in [0.25, 0.3) is 0 Å². The molecule has 6 heteroatoms. The Bertz CT molecular complexity index is 856. The maximum Gasteiger partial charge on any atom is 0.182 e. The zero-order chi connectivity index (χ0) is 14.3. The Kier molecular flexibility index (Phi) is 3.58. The zero-order valence-corrected chi connectivity index (χ0v) is 13.6. The molecule has 0 atom stereocenters. The first-order chi connectivity index (χ1) is 9.60. The van der Waals surface area contributed by atoms with E-state index in [0.29, 0.717) is 9.79 Å². The maximum atomic E-state index is 6.16. The summed E-state index contributed by atoms with van der Waals surface area (Å²) in [5.41, 5.74) is 2.81. The second-order valence-electron chi connectivity index (χ2n) is 4.25. The summed E-state index contributed by atoms with van der Waals surface area (Å²) in [6, 6.07) is 11.5. The van der Waals surface area contributed by atoms with E-state index in [-0.39, 0.29) is 0 Å². The predicted octanol–water partition coefficient (Wildman–Crippen LogP) is 5.11. The van der Waals surface area contributed by atoms with Crippen LogP contribution in [0.5, 0.6) is 5.75 Å². The molecule has 2 aromatic carbocycles. The van der Waals surface area contributed by atoms with E-state index in [1.165, 1.54) is 0 Å². The van der Waals surface area contributed by atoms with Crippen molar-refractivity contribution in [3.05, 3.63) is 50.7 Å². The number of benzene rings is 2. The lowest BCUT2D eigenvalue weighted by molar-refractivity contribution is 0.415. The van der Waals surface area contributed by atoms with Gasteiger partial charge in [-0.15, -0.1) is 0 Å². The molecule has 0 aliphatic heterocycles. The number of hydrogen-bond donors (Lipinski definition) is 1. The molecule has 1 aromatic heterocycles. The molecule has 1 N–H and O–H groups in total. The van der Waals surface area contributed by atoms with Crippen molar-refractivity contribution in [1.29, 1.82) is 0 Å². The van der Waals surface area contributed by atoms with Crippen molar-refractivity contribution in [2.75, 3.05) is 7.11 Å². The number of aromatic amines is 1. The van der Waals surface area contributed by atoms with Crippen LogP contribution < -0.4 is 4.74 Å². The van der Waals surface area contributed by atoms with Crippen LogP contribution in [-0.2, 0) is 0 Å². The fourth-order valence-electron chi connectivity index (χ4n) is 2.09. The number of hydrogen-bond acceptors (Lipinski definition) is 2. The van der Waals surface area contributed by atoms with Crippen molar-refractivity contribution in [3.63, 3.8) is 0 Å². The van der Waals surface area contributed by atoms with Crippen LogP contribution in [0.15, 0.2) is 40.9 Å². The second kappa shape index (κ2) is 5.24. The number of ether oxygens (including phenoxy) is 1. The minimum atomic E-state index is 0.617. The number of halogens is 2. The average Bonchev–Trinajstić information content (AvgIpc) is 2.77. The predicted molar refractivity (Wildman–Crippen MR) is 87.7 cm³/mol. The van der Waals surface area contributed by atoms with Gasteiger partial charge in [0.2, 0.25) is 0 Å². The van der Waals surface area contributed by atoms with E-state index in [0.717, 1.165) is 26.9 Å². The fraction of sp³-hybridized carbons (Fsp3) is 0.0714. The Labute approximate surface area is 134 Å². The minimum Gasteiger partial charge on any atom is -0.497 e. The molecular weight excluding hydrogens is 360 g/mol. The molecule has 102 valence electrons. The van der Waals surface area contributed by atoms with Gasteiger partial charge in [-0.25, -0.2) is 0 Å². The third-order valence-corrected chi connectivity index (χ3v) is 4.57. The Balaban J connectivity index is 2.31. The van der Waals surface area contributed by atoms with Gasteiger partial charge in [-0.2, -0.15) is 0 Å². The zero-order valence-electron chi connectivity index (χ0n) is 10.5. The molecule has 3 nitrogen and oxygen atoms in total. The van der Waals surface area contributed by atoms with Crippen molar-refractivity contribution in [3.8, 4) is 11.4 Å². The Morgan fingerprint density at radius 2 is 2.05 bits per heavy atom. The summed E-state index contributed by atoms with van der Waals surface area (Å²) >= 11 is 15.0. The quantitative estimate of drug-likeness (QED) is 0.636. The summed E-state index contributed by atoms with van der Waals surface area (Å²) in [5.74, 6) is 0.781. The number of H-pyrrole nitrogens is 1. The normalized spacial score (nSPS) is 10.9. The van der Waals surface area contributed by atoms with Gasteiger partial charge in [-0.1, -0.05) is 11.6 Å². The van der Waals surface area contributed by atoms with Crippen LogP contribution in [-0.4, -0.2) is 16.7 Å². The summed E-state index contributed by atoms with van der Waals surface area (Å²) in [6.07, 6.45) is 0. The van der Waals surface area contributed by atoms with Gasteiger partial charge in [0, 0.05) is 16.2 Å². The van der Waals surface area contributed by atoms with Crippen LogP contribution in [0, 0.1) is 4.77 Å². The molecule has 0 aliphatic rings. The molecular formula is C14H10BrClN2OS. The molecule has 1 heterocycles. The fourth-order valence-corrected chi connectivity index (χ4v) is 2.83. The molecule has 0 saturated carbocycles. The molecule has 0 amide bonds. The minimum absolute atomic E-state index is 0.617. The number of fused-ring (bicyclic) bond motifs is 1. The molecule has 0 fully saturated rings. The van der Waals surface area contributed by atoms with Crippen LogP contribution >= 0.6 is 39.7 Å². The molecule has 20 heavy (non-hydrogen) atoms. The van der Waals surface area contributed by atoms with E-state index in [2.05, 4.69) is 20.9 Å². The maximum absolute atomic E-state index is 6.16. The molecule has 3 aromatic rings. The topological polar surface area (TPSA) is 29.9 Å². The van der Waals surface area contributed by atoms with Crippen LogP contribution in [0.25, 0.3) is 16.7 Å². The van der Waals surface area contributed by atoms with Gasteiger partial charge in [0.15, 0.2) is 4.77 Å².